The molecule has 10 heteroatoms. The molecule has 0 radical (unpaired) electrons. The lowest BCUT2D eigenvalue weighted by Gasteiger charge is -2.40. The minimum atomic E-state index is -1.74. The summed E-state index contributed by atoms with van der Waals surface area (Å²) < 4.78 is 11.0. The second kappa shape index (κ2) is 7.84. The van der Waals surface area contributed by atoms with E-state index in [2.05, 4.69) is 0 Å². The summed E-state index contributed by atoms with van der Waals surface area (Å²) in [6, 6.07) is 6.56. The maximum atomic E-state index is 13.1. The van der Waals surface area contributed by atoms with Crippen molar-refractivity contribution in [2.45, 2.75) is 30.5 Å². The van der Waals surface area contributed by atoms with Crippen LogP contribution in [0.3, 0.4) is 0 Å². The van der Waals surface area contributed by atoms with Gasteiger partial charge < -0.3 is 44.9 Å². The van der Waals surface area contributed by atoms with Crippen LogP contribution in [0.4, 0.5) is 0 Å². The fourth-order valence-electron chi connectivity index (χ4n) is 3.75. The van der Waals surface area contributed by atoms with Crippen molar-refractivity contribution < 1.29 is 44.9 Å². The van der Waals surface area contributed by atoms with Crippen molar-refractivity contribution in [1.82, 2.24) is 0 Å². The molecule has 1 aliphatic rings. The zero-order valence-corrected chi connectivity index (χ0v) is 15.9. The topological polar surface area (TPSA) is 181 Å². The van der Waals surface area contributed by atoms with Gasteiger partial charge in [0.15, 0.2) is 5.58 Å². The Labute approximate surface area is 174 Å². The van der Waals surface area contributed by atoms with E-state index in [1.807, 2.05) is 0 Å². The molecule has 0 unspecified atom stereocenters. The molecule has 0 aliphatic carbocycles. The smallest absolute Gasteiger partial charge is 0.204 e. The van der Waals surface area contributed by atoms with E-state index in [0.717, 1.165) is 12.3 Å². The Hall–Kier alpha value is -3.15. The molecule has 1 saturated heterocycles. The van der Waals surface area contributed by atoms with Gasteiger partial charge in [0.1, 0.15) is 59.4 Å². The second-order valence-electron chi connectivity index (χ2n) is 7.31. The minimum Gasteiger partial charge on any atom is -0.508 e. The van der Waals surface area contributed by atoms with Gasteiger partial charge in [0, 0.05) is 6.07 Å². The van der Waals surface area contributed by atoms with Crippen LogP contribution in [-0.2, 0) is 4.74 Å². The maximum Gasteiger partial charge on any atom is 0.204 e. The molecule has 0 bridgehead atoms. The van der Waals surface area contributed by atoms with E-state index in [1.54, 1.807) is 0 Å². The van der Waals surface area contributed by atoms with Crippen LogP contribution >= 0.6 is 0 Å². The number of fused-ring (bicyclic) bond motifs is 1. The van der Waals surface area contributed by atoms with Crippen molar-refractivity contribution in [3.8, 4) is 28.4 Å². The summed E-state index contributed by atoms with van der Waals surface area (Å²) in [6.07, 6.45) is -6.73. The molecule has 164 valence electrons. The Balaban J connectivity index is 1.92. The van der Waals surface area contributed by atoms with Crippen molar-refractivity contribution in [1.29, 1.82) is 0 Å². The number of ether oxygens (including phenoxy) is 1. The highest BCUT2D eigenvalue weighted by molar-refractivity contribution is 5.91. The van der Waals surface area contributed by atoms with E-state index in [1.165, 1.54) is 24.3 Å². The van der Waals surface area contributed by atoms with E-state index >= 15 is 0 Å². The first kappa shape index (κ1) is 21.1. The van der Waals surface area contributed by atoms with Gasteiger partial charge in [-0.1, -0.05) is 12.1 Å². The van der Waals surface area contributed by atoms with Gasteiger partial charge in [0.2, 0.25) is 5.43 Å². The monoisotopic (exact) mass is 432 g/mol. The molecule has 0 saturated carbocycles. The molecular formula is C21H20O10. The van der Waals surface area contributed by atoms with Gasteiger partial charge >= 0.3 is 0 Å². The van der Waals surface area contributed by atoms with E-state index < -0.39 is 54.1 Å². The lowest BCUT2D eigenvalue weighted by molar-refractivity contribution is -0.231. The Morgan fingerprint density at radius 2 is 1.58 bits per heavy atom. The molecule has 0 spiro atoms. The number of phenolic OH excluding ortho intramolecular Hbond substituents is 3. The summed E-state index contributed by atoms with van der Waals surface area (Å²) in [5.41, 5.74) is -0.729. The normalized spacial score (nSPS) is 26.3. The Bertz CT molecular complexity index is 1170. The van der Waals surface area contributed by atoms with Gasteiger partial charge in [-0.05, 0) is 17.7 Å². The van der Waals surface area contributed by atoms with E-state index in [9.17, 15) is 40.5 Å². The standard InChI is InChI=1S/C21H20O10/c22-6-13-17(27)18(28)19(29)21(31-13)15-12(25)5-11(24)14-16(26)10(7-30-20(14)15)8-1-3-9(23)4-2-8/h1-5,7,13,17-19,21-25,27-29H,6H2/t13-,17-,18+,19-,21-/m1/s1. The molecule has 7 N–H and O–H groups in total. The van der Waals surface area contributed by atoms with Crippen LogP contribution in [-0.4, -0.2) is 66.8 Å². The molecule has 2 heterocycles. The highest BCUT2D eigenvalue weighted by Gasteiger charge is 2.46. The van der Waals surface area contributed by atoms with Gasteiger partial charge in [-0.3, -0.25) is 4.79 Å². The number of phenols is 3. The highest BCUT2D eigenvalue weighted by atomic mass is 16.5. The number of hydrogen-bond donors (Lipinski definition) is 7. The summed E-state index contributed by atoms with van der Waals surface area (Å²) in [4.78, 5) is 13.1. The minimum absolute atomic E-state index is 0.00778. The summed E-state index contributed by atoms with van der Waals surface area (Å²) in [5, 5.41) is 69.8. The van der Waals surface area contributed by atoms with Gasteiger partial charge in [-0.2, -0.15) is 0 Å². The van der Waals surface area contributed by atoms with Crippen molar-refractivity contribution in [2.24, 2.45) is 0 Å². The van der Waals surface area contributed by atoms with Crippen LogP contribution < -0.4 is 5.43 Å². The van der Waals surface area contributed by atoms with E-state index in [0.29, 0.717) is 5.56 Å². The molecule has 1 fully saturated rings. The molecule has 1 aliphatic heterocycles. The predicted octanol–water partition coefficient (Wildman–Crippen LogP) is 0.0917. The molecule has 10 nitrogen and oxygen atoms in total. The SMILES string of the molecule is O=c1c(-c2ccc(O)cc2)coc2c([C@H]3O[C@H](CO)[C@@H](O)[C@H](O)[C@H]3O)c(O)cc(O)c12. The van der Waals surface area contributed by atoms with E-state index in [4.69, 9.17) is 9.15 Å². The van der Waals surface area contributed by atoms with Gasteiger partial charge in [-0.15, -0.1) is 0 Å². The van der Waals surface area contributed by atoms with Crippen molar-refractivity contribution in [3.63, 3.8) is 0 Å². The predicted molar refractivity (Wildman–Crippen MR) is 106 cm³/mol. The van der Waals surface area contributed by atoms with Gasteiger partial charge in [0.05, 0.1) is 17.7 Å². The van der Waals surface area contributed by atoms with Crippen LogP contribution in [0.25, 0.3) is 22.1 Å². The van der Waals surface area contributed by atoms with Crippen LogP contribution in [0.15, 0.2) is 45.8 Å². The third kappa shape index (κ3) is 3.40. The average Bonchev–Trinajstić information content (AvgIpc) is 2.74. The Kier molecular flexibility index (Phi) is 5.33. The van der Waals surface area contributed by atoms with Crippen LogP contribution in [0.1, 0.15) is 11.7 Å². The average molecular weight is 432 g/mol. The summed E-state index contributed by atoms with van der Waals surface area (Å²) in [7, 11) is 0. The largest absolute Gasteiger partial charge is 0.508 e. The molecule has 31 heavy (non-hydrogen) atoms. The fourth-order valence-corrected chi connectivity index (χ4v) is 3.75. The second-order valence-corrected chi connectivity index (χ2v) is 7.31. The molecular weight excluding hydrogens is 412 g/mol. The molecule has 0 amide bonds. The lowest BCUT2D eigenvalue weighted by Crippen LogP contribution is -2.55. The Morgan fingerprint density at radius 1 is 0.903 bits per heavy atom. The molecule has 5 atom stereocenters. The highest BCUT2D eigenvalue weighted by Crippen LogP contribution is 2.43. The lowest BCUT2D eigenvalue weighted by atomic mass is 9.89. The number of rotatable bonds is 3. The molecule has 1 aromatic heterocycles. The number of aliphatic hydroxyl groups is 4. The maximum absolute atomic E-state index is 13.1. The molecule has 3 aromatic rings. The summed E-state index contributed by atoms with van der Waals surface area (Å²) in [5.74, 6) is -1.18. The molecule has 4 rings (SSSR count). The quantitative estimate of drug-likeness (QED) is 0.300. The number of aliphatic hydroxyl groups excluding tert-OH is 4. The number of aromatic hydroxyl groups is 3. The van der Waals surface area contributed by atoms with Crippen molar-refractivity contribution >= 4 is 11.0 Å². The first-order valence-corrected chi connectivity index (χ1v) is 9.34. The zero-order chi connectivity index (χ0) is 22.4. The van der Waals surface area contributed by atoms with E-state index in [-0.39, 0.29) is 27.8 Å². The van der Waals surface area contributed by atoms with Crippen LogP contribution in [0.5, 0.6) is 17.2 Å². The van der Waals surface area contributed by atoms with Crippen molar-refractivity contribution in [3.05, 3.63) is 52.4 Å². The third-order valence-electron chi connectivity index (χ3n) is 5.40. The van der Waals surface area contributed by atoms with Crippen LogP contribution in [0, 0.1) is 0 Å². The fraction of sp³-hybridized carbons (Fsp3) is 0.286. The van der Waals surface area contributed by atoms with Crippen LogP contribution in [0.2, 0.25) is 0 Å². The first-order chi connectivity index (χ1) is 14.7. The Morgan fingerprint density at radius 3 is 2.23 bits per heavy atom. The number of benzene rings is 2. The number of hydrogen-bond acceptors (Lipinski definition) is 10. The summed E-state index contributed by atoms with van der Waals surface area (Å²) >= 11 is 0. The first-order valence-electron chi connectivity index (χ1n) is 9.34. The van der Waals surface area contributed by atoms with Gasteiger partial charge in [0.25, 0.3) is 0 Å². The molecule has 2 aromatic carbocycles. The van der Waals surface area contributed by atoms with Crippen molar-refractivity contribution in [2.75, 3.05) is 6.61 Å². The van der Waals surface area contributed by atoms with Gasteiger partial charge in [-0.25, -0.2) is 0 Å². The third-order valence-corrected chi connectivity index (χ3v) is 5.40. The summed E-state index contributed by atoms with van der Waals surface area (Å²) in [6.45, 7) is -0.687. The zero-order valence-electron chi connectivity index (χ0n) is 15.9.